The number of benzene rings is 1. The summed E-state index contributed by atoms with van der Waals surface area (Å²) in [5.41, 5.74) is 0.282. The summed E-state index contributed by atoms with van der Waals surface area (Å²) < 4.78 is 1.13. The summed E-state index contributed by atoms with van der Waals surface area (Å²) in [6.45, 7) is 1.51. The zero-order chi connectivity index (χ0) is 12.5. The Morgan fingerprint density at radius 2 is 2.06 bits per heavy atom. The highest BCUT2D eigenvalue weighted by atomic mass is 16.2. The minimum absolute atomic E-state index is 0.0311. The molecule has 92 valence electrons. The Kier molecular flexibility index (Phi) is 2.55. The molecule has 2 aromatic rings. The lowest BCUT2D eigenvalue weighted by molar-refractivity contribution is -0.135. The Hall–Kier alpha value is -2.24. The smallest absolute Gasteiger partial charge is 0.278 e. The largest absolute Gasteiger partial charge is 0.341 e. The van der Waals surface area contributed by atoms with E-state index in [-0.39, 0.29) is 18.0 Å². The second kappa shape index (κ2) is 4.21. The van der Waals surface area contributed by atoms with Crippen LogP contribution in [0.15, 0.2) is 29.1 Å². The predicted molar refractivity (Wildman–Crippen MR) is 65.0 cm³/mol. The first kappa shape index (κ1) is 10.9. The normalized spacial score (nSPS) is 14.6. The average Bonchev–Trinajstić information content (AvgIpc) is 2.31. The van der Waals surface area contributed by atoms with E-state index < -0.39 is 0 Å². The van der Waals surface area contributed by atoms with Gasteiger partial charge in [-0.25, -0.2) is 4.68 Å². The Morgan fingerprint density at radius 3 is 2.78 bits per heavy atom. The van der Waals surface area contributed by atoms with Crippen LogP contribution in [-0.2, 0) is 11.3 Å². The van der Waals surface area contributed by atoms with Gasteiger partial charge in [-0.3, -0.25) is 9.59 Å². The molecule has 1 aliphatic heterocycles. The molecule has 0 N–H and O–H groups in total. The van der Waals surface area contributed by atoms with E-state index in [1.165, 1.54) is 0 Å². The maximum absolute atomic E-state index is 12.1. The number of aromatic nitrogens is 3. The molecule has 1 aromatic heterocycles. The number of carbonyl (C=O) groups is 1. The second-order valence-electron chi connectivity index (χ2n) is 4.30. The fourth-order valence-corrected chi connectivity index (χ4v) is 1.92. The quantitative estimate of drug-likeness (QED) is 0.747. The Labute approximate surface area is 103 Å². The van der Waals surface area contributed by atoms with Crippen LogP contribution in [-0.4, -0.2) is 38.9 Å². The lowest BCUT2D eigenvalue weighted by atomic mass is 10.2. The molecule has 0 bridgehead atoms. The first-order valence-electron chi connectivity index (χ1n) is 5.86. The molecule has 0 unspecified atom stereocenters. The van der Waals surface area contributed by atoms with Crippen LogP contribution in [0.5, 0.6) is 0 Å². The molecule has 1 aliphatic rings. The van der Waals surface area contributed by atoms with Crippen molar-refractivity contribution >= 4 is 16.8 Å². The molecule has 1 fully saturated rings. The van der Waals surface area contributed by atoms with Crippen molar-refractivity contribution in [1.82, 2.24) is 19.9 Å². The molecule has 1 amide bonds. The first-order valence-corrected chi connectivity index (χ1v) is 5.86. The number of amides is 1. The van der Waals surface area contributed by atoms with Crippen molar-refractivity contribution in [2.45, 2.75) is 13.0 Å². The van der Waals surface area contributed by atoms with Crippen molar-refractivity contribution in [1.29, 1.82) is 0 Å². The van der Waals surface area contributed by atoms with Gasteiger partial charge in [0.25, 0.3) is 5.56 Å². The fourth-order valence-electron chi connectivity index (χ4n) is 1.92. The van der Waals surface area contributed by atoms with Gasteiger partial charge in [0.05, 0.1) is 5.39 Å². The van der Waals surface area contributed by atoms with Crippen molar-refractivity contribution in [2.75, 3.05) is 13.1 Å². The third-order valence-corrected chi connectivity index (χ3v) is 3.12. The molecule has 0 atom stereocenters. The van der Waals surface area contributed by atoms with E-state index in [9.17, 15) is 9.59 Å². The minimum atomic E-state index is -0.269. The van der Waals surface area contributed by atoms with Crippen LogP contribution in [0.25, 0.3) is 10.9 Å². The standard InChI is InChI=1S/C12H12N4O2/c17-11(15-6-3-7-15)8-16-12(18)9-4-1-2-5-10(9)13-14-16/h1-2,4-5H,3,6-8H2. The molecule has 0 aliphatic carbocycles. The van der Waals surface area contributed by atoms with Crippen LogP contribution < -0.4 is 5.56 Å². The maximum atomic E-state index is 12.1. The highest BCUT2D eigenvalue weighted by Gasteiger charge is 2.21. The number of carbonyl (C=O) groups excluding carboxylic acids is 1. The van der Waals surface area contributed by atoms with Gasteiger partial charge >= 0.3 is 0 Å². The monoisotopic (exact) mass is 244 g/mol. The van der Waals surface area contributed by atoms with Crippen LogP contribution >= 0.6 is 0 Å². The lowest BCUT2D eigenvalue weighted by Gasteiger charge is -2.30. The fraction of sp³-hybridized carbons (Fsp3) is 0.333. The summed E-state index contributed by atoms with van der Waals surface area (Å²) in [7, 11) is 0. The topological polar surface area (TPSA) is 68.1 Å². The van der Waals surface area contributed by atoms with Gasteiger partial charge in [0.15, 0.2) is 0 Å². The zero-order valence-electron chi connectivity index (χ0n) is 9.74. The molecular formula is C12H12N4O2. The van der Waals surface area contributed by atoms with E-state index >= 15 is 0 Å². The summed E-state index contributed by atoms with van der Waals surface area (Å²) in [5.74, 6) is -0.0760. The summed E-state index contributed by atoms with van der Waals surface area (Å²) >= 11 is 0. The van der Waals surface area contributed by atoms with Crippen molar-refractivity contribution in [3.05, 3.63) is 34.6 Å². The summed E-state index contributed by atoms with van der Waals surface area (Å²) in [4.78, 5) is 25.6. The molecule has 1 saturated heterocycles. The van der Waals surface area contributed by atoms with Gasteiger partial charge < -0.3 is 4.90 Å². The van der Waals surface area contributed by atoms with Gasteiger partial charge in [-0.1, -0.05) is 17.3 Å². The van der Waals surface area contributed by atoms with Gasteiger partial charge in [-0.15, -0.1) is 5.10 Å². The van der Waals surface area contributed by atoms with Crippen LogP contribution in [0.4, 0.5) is 0 Å². The summed E-state index contributed by atoms with van der Waals surface area (Å²) in [6, 6.07) is 6.99. The van der Waals surface area contributed by atoms with Gasteiger partial charge in [0.2, 0.25) is 5.91 Å². The van der Waals surface area contributed by atoms with Crippen LogP contribution in [0.1, 0.15) is 6.42 Å². The third kappa shape index (κ3) is 1.75. The number of likely N-dealkylation sites (tertiary alicyclic amines) is 1. The van der Waals surface area contributed by atoms with Crippen LogP contribution in [0, 0.1) is 0 Å². The molecule has 6 nitrogen and oxygen atoms in total. The molecule has 6 heteroatoms. The maximum Gasteiger partial charge on any atom is 0.278 e. The third-order valence-electron chi connectivity index (χ3n) is 3.12. The molecule has 0 spiro atoms. The lowest BCUT2D eigenvalue weighted by Crippen LogP contribution is -2.45. The molecule has 0 radical (unpaired) electrons. The van der Waals surface area contributed by atoms with Crippen molar-refractivity contribution in [3.63, 3.8) is 0 Å². The SMILES string of the molecule is O=C(Cn1nnc2ccccc2c1=O)N1CCC1. The highest BCUT2D eigenvalue weighted by molar-refractivity contribution is 5.78. The zero-order valence-corrected chi connectivity index (χ0v) is 9.74. The number of hydrogen-bond acceptors (Lipinski definition) is 4. The predicted octanol–water partition coefficient (Wildman–Crippen LogP) is 0.0238. The number of nitrogens with zero attached hydrogens (tertiary/aromatic N) is 4. The Bertz CT molecular complexity index is 660. The van der Waals surface area contributed by atoms with Gasteiger partial charge in [0, 0.05) is 13.1 Å². The van der Waals surface area contributed by atoms with E-state index in [1.54, 1.807) is 29.2 Å². The Balaban J connectivity index is 1.94. The Morgan fingerprint density at radius 1 is 1.28 bits per heavy atom. The van der Waals surface area contributed by atoms with Crippen molar-refractivity contribution in [3.8, 4) is 0 Å². The van der Waals surface area contributed by atoms with Crippen LogP contribution in [0.3, 0.4) is 0 Å². The van der Waals surface area contributed by atoms with E-state index in [1.807, 2.05) is 0 Å². The van der Waals surface area contributed by atoms with Gasteiger partial charge in [0.1, 0.15) is 12.1 Å². The highest BCUT2D eigenvalue weighted by Crippen LogP contribution is 2.07. The first-order chi connectivity index (χ1) is 8.75. The van der Waals surface area contributed by atoms with E-state index in [0.29, 0.717) is 10.9 Å². The number of hydrogen-bond donors (Lipinski definition) is 0. The number of rotatable bonds is 2. The van der Waals surface area contributed by atoms with E-state index in [0.717, 1.165) is 24.2 Å². The van der Waals surface area contributed by atoms with Crippen molar-refractivity contribution < 1.29 is 4.79 Å². The van der Waals surface area contributed by atoms with Crippen LogP contribution in [0.2, 0.25) is 0 Å². The van der Waals surface area contributed by atoms with Gasteiger partial charge in [-0.2, -0.15) is 0 Å². The van der Waals surface area contributed by atoms with E-state index in [4.69, 9.17) is 0 Å². The molecule has 0 saturated carbocycles. The van der Waals surface area contributed by atoms with Crippen molar-refractivity contribution in [2.24, 2.45) is 0 Å². The summed E-state index contributed by atoms with van der Waals surface area (Å²) in [6.07, 6.45) is 1.03. The molecule has 3 rings (SSSR count). The van der Waals surface area contributed by atoms with Gasteiger partial charge in [-0.05, 0) is 18.6 Å². The molecule has 18 heavy (non-hydrogen) atoms. The number of fused-ring (bicyclic) bond motifs is 1. The molecule has 2 heterocycles. The minimum Gasteiger partial charge on any atom is -0.341 e. The summed E-state index contributed by atoms with van der Waals surface area (Å²) in [5, 5.41) is 8.22. The molecular weight excluding hydrogens is 232 g/mol. The van der Waals surface area contributed by atoms with E-state index in [2.05, 4.69) is 10.3 Å². The average molecular weight is 244 g/mol. The molecule has 1 aromatic carbocycles. The second-order valence-corrected chi connectivity index (χ2v) is 4.30.